The molecule has 5 aliphatic rings. The summed E-state index contributed by atoms with van der Waals surface area (Å²) in [6.45, 7) is 6.66. The number of rotatable bonds is 2. The van der Waals surface area contributed by atoms with Crippen LogP contribution in [-0.2, 0) is 19.9 Å². The monoisotopic (exact) mass is 409 g/mol. The summed E-state index contributed by atoms with van der Waals surface area (Å²) >= 11 is 0. The summed E-state index contributed by atoms with van der Waals surface area (Å²) in [5, 5.41) is 0. The van der Waals surface area contributed by atoms with E-state index in [2.05, 4.69) is 31.0 Å². The lowest BCUT2D eigenvalue weighted by atomic mass is 9.44. The van der Waals surface area contributed by atoms with E-state index in [0.29, 0.717) is 17.4 Å². The second-order valence-electron chi connectivity index (χ2n) is 11.4. The average Bonchev–Trinajstić information content (AvgIpc) is 3.40. The lowest BCUT2D eigenvalue weighted by Crippen LogP contribution is -2.55. The van der Waals surface area contributed by atoms with Gasteiger partial charge in [-0.3, -0.25) is 9.78 Å². The molecule has 1 aliphatic heterocycles. The van der Waals surface area contributed by atoms with Gasteiger partial charge in [-0.05, 0) is 86.5 Å². The molecule has 3 unspecified atom stereocenters. The minimum Gasteiger partial charge on any atom is -0.463 e. The second-order valence-corrected chi connectivity index (χ2v) is 11.4. The molecule has 6 rings (SSSR count). The molecule has 4 saturated carbocycles. The molecule has 30 heavy (non-hydrogen) atoms. The number of esters is 1. The van der Waals surface area contributed by atoms with Crippen molar-refractivity contribution in [3.63, 3.8) is 0 Å². The van der Waals surface area contributed by atoms with Crippen LogP contribution in [0, 0.1) is 34.5 Å². The van der Waals surface area contributed by atoms with E-state index in [9.17, 15) is 4.79 Å². The zero-order valence-corrected chi connectivity index (χ0v) is 18.6. The third kappa shape index (κ3) is 2.37. The Bertz CT molecular complexity index is 857. The molecule has 1 saturated heterocycles. The highest BCUT2D eigenvalue weighted by Crippen LogP contribution is 2.76. The standard InChI is InChI=1S/C26H35NO3/c1-16(28)29-19-8-10-24(2)17(13-19)6-7-20-21(24)9-11-25(3)22(20)14-23-26(25,30-23)18-5-4-12-27-15-18/h4-5,12,15,17,19-23H,6-11,13-14H2,1-3H3/t17?,19-,20+,21-,22-,23?,24-,25-,26?/m0/s1. The van der Waals surface area contributed by atoms with Crippen LogP contribution in [0.2, 0.25) is 0 Å². The van der Waals surface area contributed by atoms with E-state index in [1.807, 2.05) is 12.4 Å². The topological polar surface area (TPSA) is 51.7 Å². The van der Waals surface area contributed by atoms with Crippen LogP contribution in [0.3, 0.4) is 0 Å². The van der Waals surface area contributed by atoms with Gasteiger partial charge in [0.2, 0.25) is 0 Å². The smallest absolute Gasteiger partial charge is 0.302 e. The van der Waals surface area contributed by atoms with E-state index >= 15 is 0 Å². The molecule has 0 N–H and O–H groups in total. The van der Waals surface area contributed by atoms with Crippen molar-refractivity contribution in [2.75, 3.05) is 0 Å². The fraction of sp³-hybridized carbons (Fsp3) is 0.769. The molecule has 0 bridgehead atoms. The van der Waals surface area contributed by atoms with Crippen molar-refractivity contribution in [2.24, 2.45) is 34.5 Å². The molecule has 4 heteroatoms. The lowest BCUT2D eigenvalue weighted by Gasteiger charge is -2.61. The maximum atomic E-state index is 11.5. The first-order valence-electron chi connectivity index (χ1n) is 12.1. The molecular weight excluding hydrogens is 374 g/mol. The molecule has 162 valence electrons. The van der Waals surface area contributed by atoms with Crippen LogP contribution in [0.1, 0.15) is 77.7 Å². The lowest BCUT2D eigenvalue weighted by molar-refractivity contribution is -0.163. The van der Waals surface area contributed by atoms with Crippen molar-refractivity contribution in [2.45, 2.75) is 89.9 Å². The number of pyridine rings is 1. The van der Waals surface area contributed by atoms with Gasteiger partial charge in [-0.25, -0.2) is 0 Å². The minimum atomic E-state index is -0.114. The molecule has 4 aliphatic carbocycles. The molecule has 9 atom stereocenters. The van der Waals surface area contributed by atoms with Crippen LogP contribution < -0.4 is 0 Å². The van der Waals surface area contributed by atoms with Gasteiger partial charge in [0.25, 0.3) is 0 Å². The zero-order chi connectivity index (χ0) is 20.7. The first-order chi connectivity index (χ1) is 14.4. The summed E-state index contributed by atoms with van der Waals surface area (Å²) in [7, 11) is 0. The predicted molar refractivity (Wildman–Crippen MR) is 113 cm³/mol. The predicted octanol–water partition coefficient (Wildman–Crippen LogP) is 5.26. The van der Waals surface area contributed by atoms with Gasteiger partial charge < -0.3 is 9.47 Å². The van der Waals surface area contributed by atoms with Gasteiger partial charge >= 0.3 is 5.97 Å². The maximum absolute atomic E-state index is 11.5. The molecule has 1 aromatic heterocycles. The Balaban J connectivity index is 1.27. The number of carbonyl (C=O) groups excluding carboxylic acids is 1. The molecule has 0 spiro atoms. The zero-order valence-electron chi connectivity index (χ0n) is 18.6. The third-order valence-corrected chi connectivity index (χ3v) is 10.5. The SMILES string of the molecule is CC(=O)O[C@H]1CC[C@@]2(C)C(CC[C@@H]3[C@@H]2CC[C@@]2(C)[C@H]3CC3OC32c2cccnc2)C1. The quantitative estimate of drug-likeness (QED) is 0.494. The van der Waals surface area contributed by atoms with Crippen molar-refractivity contribution >= 4 is 5.97 Å². The Hall–Kier alpha value is -1.42. The third-order valence-electron chi connectivity index (χ3n) is 10.5. The summed E-state index contributed by atoms with van der Waals surface area (Å²) < 4.78 is 12.1. The summed E-state index contributed by atoms with van der Waals surface area (Å²) in [6, 6.07) is 4.31. The number of nitrogens with zero attached hydrogens (tertiary/aromatic N) is 1. The van der Waals surface area contributed by atoms with Crippen molar-refractivity contribution in [3.05, 3.63) is 30.1 Å². The van der Waals surface area contributed by atoms with Crippen LogP contribution in [0.5, 0.6) is 0 Å². The van der Waals surface area contributed by atoms with Crippen LogP contribution in [0.15, 0.2) is 24.5 Å². The molecule has 0 aromatic carbocycles. The molecule has 2 heterocycles. The van der Waals surface area contributed by atoms with E-state index in [1.165, 1.54) is 44.1 Å². The number of carbonyl (C=O) groups is 1. The highest BCUT2D eigenvalue weighted by Gasteiger charge is 2.77. The number of fused-ring (bicyclic) bond motifs is 7. The first kappa shape index (κ1) is 19.3. The number of hydrogen-bond acceptors (Lipinski definition) is 4. The summed E-state index contributed by atoms with van der Waals surface area (Å²) in [5.41, 5.74) is 1.87. The van der Waals surface area contributed by atoms with Crippen LogP contribution in [0.4, 0.5) is 0 Å². The molecule has 0 amide bonds. The van der Waals surface area contributed by atoms with Gasteiger partial charge in [0.15, 0.2) is 0 Å². The Kier molecular flexibility index (Phi) is 4.05. The van der Waals surface area contributed by atoms with E-state index < -0.39 is 0 Å². The molecule has 5 fully saturated rings. The fourth-order valence-electron chi connectivity index (χ4n) is 9.08. The Morgan fingerprint density at radius 2 is 2.00 bits per heavy atom. The number of ether oxygens (including phenoxy) is 2. The number of epoxide rings is 1. The Morgan fingerprint density at radius 1 is 1.13 bits per heavy atom. The van der Waals surface area contributed by atoms with Gasteiger partial charge in [0.05, 0.1) is 6.10 Å². The van der Waals surface area contributed by atoms with E-state index in [-0.39, 0.29) is 23.1 Å². The van der Waals surface area contributed by atoms with E-state index in [1.54, 1.807) is 6.92 Å². The summed E-state index contributed by atoms with van der Waals surface area (Å²) in [5.74, 6) is 2.99. The maximum Gasteiger partial charge on any atom is 0.302 e. The van der Waals surface area contributed by atoms with Gasteiger partial charge in [-0.15, -0.1) is 0 Å². The highest BCUT2D eigenvalue weighted by atomic mass is 16.6. The Labute approximate surface area is 180 Å². The van der Waals surface area contributed by atoms with Crippen LogP contribution in [-0.4, -0.2) is 23.2 Å². The average molecular weight is 410 g/mol. The number of hydrogen-bond donors (Lipinski definition) is 0. The van der Waals surface area contributed by atoms with Crippen molar-refractivity contribution < 1.29 is 14.3 Å². The van der Waals surface area contributed by atoms with Gasteiger partial charge in [-0.2, -0.15) is 0 Å². The molecule has 4 nitrogen and oxygen atoms in total. The van der Waals surface area contributed by atoms with Crippen molar-refractivity contribution in [1.29, 1.82) is 0 Å². The Morgan fingerprint density at radius 3 is 2.77 bits per heavy atom. The number of aromatic nitrogens is 1. The summed E-state index contributed by atoms with van der Waals surface area (Å²) in [6.07, 6.45) is 14.2. The van der Waals surface area contributed by atoms with Crippen LogP contribution >= 0.6 is 0 Å². The molecular formula is C26H35NO3. The van der Waals surface area contributed by atoms with E-state index in [4.69, 9.17) is 9.47 Å². The normalized spacial score (nSPS) is 51.2. The van der Waals surface area contributed by atoms with Crippen LogP contribution in [0.25, 0.3) is 0 Å². The fourth-order valence-corrected chi connectivity index (χ4v) is 9.08. The van der Waals surface area contributed by atoms with Gasteiger partial charge in [0, 0.05) is 30.3 Å². The largest absolute Gasteiger partial charge is 0.463 e. The van der Waals surface area contributed by atoms with Gasteiger partial charge in [0.1, 0.15) is 11.7 Å². The van der Waals surface area contributed by atoms with E-state index in [0.717, 1.165) is 30.6 Å². The first-order valence-corrected chi connectivity index (χ1v) is 12.1. The van der Waals surface area contributed by atoms with Crippen molar-refractivity contribution in [3.8, 4) is 0 Å². The second kappa shape index (κ2) is 6.31. The highest BCUT2D eigenvalue weighted by molar-refractivity contribution is 5.66. The summed E-state index contributed by atoms with van der Waals surface area (Å²) in [4.78, 5) is 15.9. The van der Waals surface area contributed by atoms with Gasteiger partial charge in [-0.1, -0.05) is 19.9 Å². The van der Waals surface area contributed by atoms with Crippen molar-refractivity contribution in [1.82, 2.24) is 4.98 Å². The molecule has 0 radical (unpaired) electrons. The molecule has 1 aromatic rings. The minimum absolute atomic E-state index is 0.0817.